The fourth-order valence-corrected chi connectivity index (χ4v) is 5.16. The van der Waals surface area contributed by atoms with Crippen LogP contribution < -0.4 is 0 Å². The number of likely N-dealkylation sites (tertiary alicyclic amines) is 2. The molecule has 0 N–H and O–H groups in total. The number of para-hydroxylation sites is 1. The zero-order valence-corrected chi connectivity index (χ0v) is 15.8. The predicted octanol–water partition coefficient (Wildman–Crippen LogP) is 4.08. The van der Waals surface area contributed by atoms with Gasteiger partial charge in [-0.05, 0) is 50.3 Å². The van der Waals surface area contributed by atoms with Gasteiger partial charge in [0.25, 0.3) is 0 Å². The minimum absolute atomic E-state index is 0.304. The highest BCUT2D eigenvalue weighted by Gasteiger charge is 2.30. The van der Waals surface area contributed by atoms with Crippen molar-refractivity contribution in [2.45, 2.75) is 45.1 Å². The molecule has 4 nitrogen and oxygen atoms in total. The molecule has 0 bridgehead atoms. The first-order valence-corrected chi connectivity index (χ1v) is 10.4. The van der Waals surface area contributed by atoms with Crippen molar-refractivity contribution < 1.29 is 4.79 Å². The Morgan fingerprint density at radius 3 is 2.76 bits per heavy atom. The van der Waals surface area contributed by atoms with Crippen LogP contribution in [0.15, 0.2) is 24.3 Å². The number of thiazole rings is 1. The van der Waals surface area contributed by atoms with Gasteiger partial charge in [0, 0.05) is 13.1 Å². The Labute approximate surface area is 153 Å². The van der Waals surface area contributed by atoms with Gasteiger partial charge < -0.3 is 4.90 Å². The molecule has 3 heterocycles. The topological polar surface area (TPSA) is 36.4 Å². The zero-order chi connectivity index (χ0) is 17.2. The number of rotatable bonds is 3. The molecule has 2 aliphatic heterocycles. The molecule has 0 radical (unpaired) electrons. The van der Waals surface area contributed by atoms with Gasteiger partial charge in [0.1, 0.15) is 5.01 Å². The van der Waals surface area contributed by atoms with Gasteiger partial charge in [0.15, 0.2) is 0 Å². The van der Waals surface area contributed by atoms with Crippen molar-refractivity contribution in [1.29, 1.82) is 0 Å². The van der Waals surface area contributed by atoms with Crippen molar-refractivity contribution in [1.82, 2.24) is 14.8 Å². The van der Waals surface area contributed by atoms with Gasteiger partial charge in [-0.2, -0.15) is 0 Å². The summed E-state index contributed by atoms with van der Waals surface area (Å²) >= 11 is 1.79. The Balaban J connectivity index is 1.48. The Kier molecular flexibility index (Phi) is 5.04. The fraction of sp³-hybridized carbons (Fsp3) is 0.600. The van der Waals surface area contributed by atoms with Crippen LogP contribution in [0.3, 0.4) is 0 Å². The molecule has 25 heavy (non-hydrogen) atoms. The van der Waals surface area contributed by atoms with Crippen LogP contribution in [0, 0.1) is 5.92 Å². The summed E-state index contributed by atoms with van der Waals surface area (Å²) in [6.07, 6.45) is 5.82. The molecule has 2 aromatic rings. The number of carbonyl (C=O) groups is 1. The molecule has 0 unspecified atom stereocenters. The molecule has 4 rings (SSSR count). The number of piperidine rings is 2. The van der Waals surface area contributed by atoms with Crippen LogP contribution in [-0.4, -0.2) is 46.9 Å². The van der Waals surface area contributed by atoms with Crippen molar-refractivity contribution in [3.05, 3.63) is 29.3 Å². The molecule has 1 amide bonds. The smallest absolute Gasteiger partial charge is 0.236 e. The lowest BCUT2D eigenvalue weighted by Crippen LogP contribution is -2.46. The van der Waals surface area contributed by atoms with Crippen LogP contribution in [0.5, 0.6) is 0 Å². The number of carbonyl (C=O) groups excluding carboxylic acids is 1. The third-order valence-corrected chi connectivity index (χ3v) is 6.82. The van der Waals surface area contributed by atoms with Gasteiger partial charge in [-0.15, -0.1) is 11.3 Å². The van der Waals surface area contributed by atoms with E-state index in [9.17, 15) is 4.79 Å². The Hall–Kier alpha value is -1.46. The van der Waals surface area contributed by atoms with Crippen LogP contribution in [0.2, 0.25) is 0 Å². The number of benzene rings is 1. The van der Waals surface area contributed by atoms with Crippen molar-refractivity contribution in [3.8, 4) is 0 Å². The van der Waals surface area contributed by atoms with Crippen LogP contribution in [0.1, 0.15) is 50.1 Å². The largest absolute Gasteiger partial charge is 0.342 e. The van der Waals surface area contributed by atoms with E-state index in [1.54, 1.807) is 11.3 Å². The number of hydrogen-bond donors (Lipinski definition) is 0. The highest BCUT2D eigenvalue weighted by molar-refractivity contribution is 7.18. The van der Waals surface area contributed by atoms with E-state index in [2.05, 4.69) is 34.9 Å². The van der Waals surface area contributed by atoms with E-state index in [4.69, 9.17) is 4.98 Å². The second-order valence-corrected chi connectivity index (χ2v) is 8.63. The molecule has 0 saturated carbocycles. The van der Waals surface area contributed by atoms with Crippen LogP contribution in [0.4, 0.5) is 0 Å². The number of nitrogens with zero attached hydrogens (tertiary/aromatic N) is 3. The first kappa shape index (κ1) is 17.0. The lowest BCUT2D eigenvalue weighted by atomic mass is 9.99. The van der Waals surface area contributed by atoms with E-state index < -0.39 is 0 Å². The predicted molar refractivity (Wildman–Crippen MR) is 103 cm³/mol. The lowest BCUT2D eigenvalue weighted by molar-refractivity contribution is -0.134. The standard InChI is InChI=1S/C20H27N3OS/c1-15-9-12-22(13-10-15)19(24)14-23-11-5-4-7-17(23)20-21-16-6-2-3-8-18(16)25-20/h2-3,6,8,15,17H,4-5,7,9-14H2,1H3/t17-/m1/s1. The molecule has 0 aliphatic carbocycles. The summed E-state index contributed by atoms with van der Waals surface area (Å²) in [6.45, 7) is 5.71. The third kappa shape index (κ3) is 3.72. The van der Waals surface area contributed by atoms with Crippen molar-refractivity contribution >= 4 is 27.5 Å². The summed E-state index contributed by atoms with van der Waals surface area (Å²) in [5.74, 6) is 1.06. The number of fused-ring (bicyclic) bond motifs is 1. The maximum Gasteiger partial charge on any atom is 0.236 e. The normalized spacial score (nSPS) is 23.2. The monoisotopic (exact) mass is 357 g/mol. The van der Waals surface area contributed by atoms with Gasteiger partial charge in [-0.3, -0.25) is 9.69 Å². The number of aromatic nitrogens is 1. The molecule has 2 aliphatic rings. The molecule has 1 aromatic carbocycles. The highest BCUT2D eigenvalue weighted by Crippen LogP contribution is 2.35. The first-order chi connectivity index (χ1) is 12.2. The maximum atomic E-state index is 12.8. The van der Waals surface area contributed by atoms with Crippen molar-refractivity contribution in [2.75, 3.05) is 26.2 Å². The molecule has 5 heteroatoms. The van der Waals surface area contributed by atoms with Crippen LogP contribution in [-0.2, 0) is 4.79 Å². The van der Waals surface area contributed by atoms with Gasteiger partial charge >= 0.3 is 0 Å². The van der Waals surface area contributed by atoms with Crippen LogP contribution >= 0.6 is 11.3 Å². The molecule has 1 atom stereocenters. The fourth-order valence-electron chi connectivity index (χ4n) is 4.02. The summed E-state index contributed by atoms with van der Waals surface area (Å²) in [4.78, 5) is 22.1. The molecular weight excluding hydrogens is 330 g/mol. The minimum Gasteiger partial charge on any atom is -0.342 e. The van der Waals surface area contributed by atoms with E-state index in [1.807, 2.05) is 6.07 Å². The van der Waals surface area contributed by atoms with Crippen molar-refractivity contribution in [2.24, 2.45) is 5.92 Å². The number of hydrogen-bond acceptors (Lipinski definition) is 4. The average molecular weight is 358 g/mol. The van der Waals surface area contributed by atoms with Gasteiger partial charge in [-0.1, -0.05) is 25.5 Å². The summed E-state index contributed by atoms with van der Waals surface area (Å²) in [6, 6.07) is 8.65. The van der Waals surface area contributed by atoms with E-state index in [-0.39, 0.29) is 0 Å². The molecule has 2 saturated heterocycles. The Bertz CT molecular complexity index is 702. The van der Waals surface area contributed by atoms with E-state index in [0.717, 1.165) is 50.3 Å². The highest BCUT2D eigenvalue weighted by atomic mass is 32.1. The van der Waals surface area contributed by atoms with Crippen molar-refractivity contribution in [3.63, 3.8) is 0 Å². The first-order valence-electron chi connectivity index (χ1n) is 9.58. The summed E-state index contributed by atoms with van der Waals surface area (Å²) in [7, 11) is 0. The summed E-state index contributed by atoms with van der Waals surface area (Å²) in [5, 5.41) is 1.18. The minimum atomic E-state index is 0.304. The van der Waals surface area contributed by atoms with Gasteiger partial charge in [0.05, 0.1) is 22.8 Å². The summed E-state index contributed by atoms with van der Waals surface area (Å²) < 4.78 is 1.25. The van der Waals surface area contributed by atoms with Gasteiger partial charge in [0.2, 0.25) is 5.91 Å². The maximum absolute atomic E-state index is 12.8. The third-order valence-electron chi connectivity index (χ3n) is 5.68. The summed E-state index contributed by atoms with van der Waals surface area (Å²) in [5.41, 5.74) is 1.09. The Morgan fingerprint density at radius 2 is 1.96 bits per heavy atom. The Morgan fingerprint density at radius 1 is 1.16 bits per heavy atom. The van der Waals surface area contributed by atoms with E-state index in [0.29, 0.717) is 18.5 Å². The zero-order valence-electron chi connectivity index (χ0n) is 15.0. The second kappa shape index (κ2) is 7.42. The van der Waals surface area contributed by atoms with Crippen LogP contribution in [0.25, 0.3) is 10.2 Å². The SMILES string of the molecule is CC1CCN(C(=O)CN2CCCC[C@@H]2c2nc3ccccc3s2)CC1. The molecule has 2 fully saturated rings. The average Bonchev–Trinajstić information content (AvgIpc) is 3.06. The van der Waals surface area contributed by atoms with E-state index >= 15 is 0 Å². The second-order valence-electron chi connectivity index (χ2n) is 7.57. The quantitative estimate of drug-likeness (QED) is 0.830. The molecular formula is C20H27N3OS. The van der Waals surface area contributed by atoms with E-state index in [1.165, 1.54) is 22.5 Å². The number of amides is 1. The molecule has 134 valence electrons. The lowest BCUT2D eigenvalue weighted by Gasteiger charge is -2.37. The molecule has 1 aromatic heterocycles. The van der Waals surface area contributed by atoms with Gasteiger partial charge in [-0.25, -0.2) is 4.98 Å². The molecule has 0 spiro atoms.